The molecule has 0 aromatic carbocycles. The van der Waals surface area contributed by atoms with Crippen molar-refractivity contribution >= 4 is 322 Å². The predicted octanol–water partition coefficient (Wildman–Crippen LogP) is -8.32. The third-order valence-corrected chi connectivity index (χ3v) is 0.553. The summed E-state index contributed by atoms with van der Waals surface area (Å²) in [5, 5.41) is 15.8. The zero-order chi connectivity index (χ0) is 11.1. The van der Waals surface area contributed by atoms with E-state index < -0.39 is 19.8 Å². The predicted molar refractivity (Wildman–Crippen MR) is 107 cm³/mol. The summed E-state index contributed by atoms with van der Waals surface area (Å²) in [5.74, 6) is -2.15. The Kier molecular flexibility index (Phi) is 129. The van der Waals surface area contributed by atoms with Gasteiger partial charge in [-0.3, -0.25) is 9.59 Å². The van der Waals surface area contributed by atoms with Crippen LogP contribution in [0.5, 0.6) is 0 Å². The number of aliphatic carboxylic acids is 2. The quantitative estimate of drug-likeness (QED) is 0.171. The minimum atomic E-state index is -4.64. The molecule has 0 radical (unpaired) electrons. The Balaban J connectivity index is -0.0000000108. The number of phosphoric acid groups is 1. The monoisotopic (exact) mass is 552 g/mol. The van der Waals surface area contributed by atoms with E-state index in [1.165, 1.54) is 0 Å². The summed E-state index contributed by atoms with van der Waals surface area (Å²) in [6.45, 7) is 0. The average Bonchev–Trinajstić information content (AvgIpc) is 1.79. The first-order chi connectivity index (χ1) is 5.63. The molecule has 8 nitrogen and oxygen atoms in total. The van der Waals surface area contributed by atoms with E-state index >= 15 is 0 Å². The molecule has 0 fully saturated rings. The van der Waals surface area contributed by atoms with Gasteiger partial charge in [0.1, 0.15) is 0 Å². The van der Waals surface area contributed by atoms with E-state index in [9.17, 15) is 9.59 Å². The molecule has 0 saturated heterocycles. The van der Waals surface area contributed by atoms with Crippen LogP contribution in [-0.2, 0) is 14.2 Å². The number of rotatable bonds is 3. The van der Waals surface area contributed by atoms with Gasteiger partial charge < -0.3 is 24.9 Å². The van der Waals surface area contributed by atoms with Crippen LogP contribution in [0.15, 0.2) is 0 Å². The summed E-state index contributed by atoms with van der Waals surface area (Å²) in [5.41, 5.74) is 0. The molecule has 0 atom stereocenters. The number of carboxylic acid groups (broad SMARTS) is 2. The summed E-state index contributed by atoms with van der Waals surface area (Å²) in [6.07, 6.45) is -0.593. The van der Waals surface area contributed by atoms with Gasteiger partial charge in [-0.15, -0.1) is 0 Å². The van der Waals surface area contributed by atoms with Crippen molar-refractivity contribution < 1.29 is 39.0 Å². The molecule has 21 heavy (non-hydrogen) atoms. The maximum absolute atomic E-state index is 9.64. The standard InChI is InChI=1S/C4H6O4.8Ca.H3O4P.16H/c5-3(6)1-2-4(7)8;;;;;;;;;1-5(2,3)4;;;;;;;;;;;;;;;;/h1-2H2,(H,5,6)(H,7,8);;;;;;;;;(H3,1,2,3,4);;;;;;;;;;;;;;;;. The van der Waals surface area contributed by atoms with Gasteiger partial charge in [0, 0.05) is 0 Å². The van der Waals surface area contributed by atoms with E-state index in [-0.39, 0.29) is 315 Å². The maximum atomic E-state index is 9.64. The molecule has 0 aliphatic rings. The first-order valence-electron chi connectivity index (χ1n) is 2.85. The van der Waals surface area contributed by atoms with E-state index in [4.69, 9.17) is 29.5 Å². The van der Waals surface area contributed by atoms with Gasteiger partial charge in [0.2, 0.25) is 0 Å². The summed E-state index contributed by atoms with van der Waals surface area (Å²) in [6, 6.07) is 0. The van der Waals surface area contributed by atoms with Gasteiger partial charge in [-0.25, -0.2) is 4.57 Å². The van der Waals surface area contributed by atoms with Gasteiger partial charge in [0.05, 0.1) is 12.8 Å². The Labute approximate surface area is 362 Å². The molecule has 0 aromatic heterocycles. The molecular weight excluding hydrogens is 528 g/mol. The molecule has 0 aliphatic carbocycles. The molecule has 0 unspecified atom stereocenters. The minimum absolute atomic E-state index is 0. The van der Waals surface area contributed by atoms with Crippen LogP contribution in [0.4, 0.5) is 0 Å². The molecule has 0 heterocycles. The molecule has 5 N–H and O–H groups in total. The molecule has 17 heteroatoms. The fourth-order valence-corrected chi connectivity index (χ4v) is 0.214. The zero-order valence-corrected chi connectivity index (χ0v) is 7.22. The van der Waals surface area contributed by atoms with Gasteiger partial charge in [-0.2, -0.15) is 0 Å². The van der Waals surface area contributed by atoms with Gasteiger partial charge in [0.25, 0.3) is 0 Å². The number of hydrogen-bond acceptors (Lipinski definition) is 3. The van der Waals surface area contributed by atoms with Crippen molar-refractivity contribution in [1.29, 1.82) is 0 Å². The third-order valence-electron chi connectivity index (χ3n) is 0.553. The summed E-state index contributed by atoms with van der Waals surface area (Å²) in [7, 11) is -4.64. The molecule has 0 rings (SSSR count). The first kappa shape index (κ1) is 63.1. The summed E-state index contributed by atoms with van der Waals surface area (Å²) in [4.78, 5) is 40.8. The van der Waals surface area contributed by atoms with E-state index in [1.807, 2.05) is 0 Å². The van der Waals surface area contributed by atoms with Crippen LogP contribution in [0.25, 0.3) is 0 Å². The average molecular weight is 553 g/mol. The van der Waals surface area contributed by atoms with Crippen LogP contribution in [0.3, 0.4) is 0 Å². The summed E-state index contributed by atoms with van der Waals surface area (Å²) < 4.78 is 8.88. The second kappa shape index (κ2) is 43.1. The Morgan fingerprint density at radius 3 is 0.762 bits per heavy atom. The van der Waals surface area contributed by atoms with Gasteiger partial charge in [-0.1, -0.05) is 0 Å². The normalized spacial score (nSPS) is 6.05. The molecule has 0 aromatic rings. The van der Waals surface area contributed by atoms with Gasteiger partial charge >= 0.3 is 322 Å². The second-order valence-electron chi connectivity index (χ2n) is 1.80. The van der Waals surface area contributed by atoms with Crippen molar-refractivity contribution in [3.05, 3.63) is 0 Å². The topological polar surface area (TPSA) is 152 Å². The van der Waals surface area contributed by atoms with Crippen LogP contribution >= 0.6 is 7.82 Å². The van der Waals surface area contributed by atoms with Gasteiger partial charge in [0.15, 0.2) is 0 Å². The molecule has 0 amide bonds. The van der Waals surface area contributed by atoms with Crippen LogP contribution < -0.4 is 0 Å². The Morgan fingerprint density at radius 2 is 0.714 bits per heavy atom. The SMILES string of the molecule is O=C(O)CCC(=O)O.O=P(O)(O)O.[CaH2].[CaH2].[CaH2].[CaH2].[CaH2].[CaH2].[CaH2].[CaH2]. The molecule has 0 aliphatic heterocycles. The van der Waals surface area contributed by atoms with E-state index in [2.05, 4.69) is 0 Å². The van der Waals surface area contributed by atoms with Crippen LogP contribution in [0, 0.1) is 0 Å². The fourth-order valence-electron chi connectivity index (χ4n) is 0.214. The third kappa shape index (κ3) is 107. The molecule has 0 spiro atoms. The summed E-state index contributed by atoms with van der Waals surface area (Å²) >= 11 is 0. The molecule has 0 saturated carbocycles. The van der Waals surface area contributed by atoms with Crippen LogP contribution in [0.2, 0.25) is 0 Å². The Hall–Kier alpha value is 9.13. The number of carbonyl (C=O) groups is 2. The van der Waals surface area contributed by atoms with Crippen molar-refractivity contribution in [2.75, 3.05) is 0 Å². The Bertz CT molecular complexity index is 214. The Morgan fingerprint density at radius 1 is 0.619 bits per heavy atom. The van der Waals surface area contributed by atoms with Crippen LogP contribution in [-0.4, -0.2) is 339 Å². The van der Waals surface area contributed by atoms with Crippen LogP contribution in [0.1, 0.15) is 12.8 Å². The van der Waals surface area contributed by atoms with Crippen molar-refractivity contribution in [1.82, 2.24) is 0 Å². The van der Waals surface area contributed by atoms with Gasteiger partial charge in [-0.05, 0) is 0 Å². The number of carboxylic acids is 2. The van der Waals surface area contributed by atoms with Crippen molar-refractivity contribution in [3.63, 3.8) is 0 Å². The second-order valence-corrected chi connectivity index (χ2v) is 2.83. The zero-order valence-electron chi connectivity index (χ0n) is 6.32. The van der Waals surface area contributed by atoms with Crippen molar-refractivity contribution in [2.24, 2.45) is 0 Å². The molecular formula is C4H25Ca8O8P. The van der Waals surface area contributed by atoms with E-state index in [1.54, 1.807) is 0 Å². The fraction of sp³-hybridized carbons (Fsp3) is 0.500. The van der Waals surface area contributed by atoms with Crippen molar-refractivity contribution in [3.8, 4) is 0 Å². The first-order valence-corrected chi connectivity index (χ1v) is 4.41. The van der Waals surface area contributed by atoms with E-state index in [0.717, 1.165) is 0 Å². The van der Waals surface area contributed by atoms with E-state index in [0.29, 0.717) is 0 Å². The molecule has 0 bridgehead atoms. The van der Waals surface area contributed by atoms with Crippen molar-refractivity contribution in [2.45, 2.75) is 12.8 Å². The number of hydrogen-bond donors (Lipinski definition) is 5. The molecule has 110 valence electrons.